The number of nitrogens with zero attached hydrogens (tertiary/aromatic N) is 1. The third kappa shape index (κ3) is 4.56. The van der Waals surface area contributed by atoms with Crippen molar-refractivity contribution in [1.82, 2.24) is 9.62 Å². The van der Waals surface area contributed by atoms with Gasteiger partial charge < -0.3 is 10.6 Å². The molecule has 0 saturated carbocycles. The first-order valence-electron chi connectivity index (χ1n) is 6.44. The summed E-state index contributed by atoms with van der Waals surface area (Å²) in [6.45, 7) is 2.90. The smallest absolute Gasteiger partial charge is 0.242 e. The maximum atomic E-state index is 13.3. The molecule has 0 amide bonds. The standard InChI is InChI=1S/C12H17BrFN3O2S2/c13-9-7-12(11(15)8-10(9)14)21(18,19)16-1-2-17-3-5-20-6-4-17/h7-8,16H,1-6,15H2. The number of nitrogens with two attached hydrogens (primary N) is 1. The Hall–Kier alpha value is -0.350. The minimum atomic E-state index is -3.73. The second kappa shape index (κ2) is 7.28. The van der Waals surface area contributed by atoms with E-state index in [1.165, 1.54) is 6.07 Å². The SMILES string of the molecule is Nc1cc(F)c(Br)cc1S(=O)(=O)NCCN1CCSCC1. The highest BCUT2D eigenvalue weighted by Gasteiger charge is 2.20. The average molecular weight is 398 g/mol. The van der Waals surface area contributed by atoms with Crippen LogP contribution in [0.4, 0.5) is 10.1 Å². The molecule has 0 unspecified atom stereocenters. The van der Waals surface area contributed by atoms with E-state index in [4.69, 9.17) is 5.73 Å². The molecule has 1 aromatic carbocycles. The highest BCUT2D eigenvalue weighted by atomic mass is 79.9. The largest absolute Gasteiger partial charge is 0.398 e. The molecule has 1 saturated heterocycles. The molecule has 1 aromatic rings. The number of nitrogen functional groups attached to an aromatic ring is 1. The predicted molar refractivity (Wildman–Crippen MR) is 87.5 cm³/mol. The van der Waals surface area contributed by atoms with Crippen molar-refractivity contribution < 1.29 is 12.8 Å². The number of anilines is 1. The summed E-state index contributed by atoms with van der Waals surface area (Å²) in [5.41, 5.74) is 5.50. The van der Waals surface area contributed by atoms with Crippen molar-refractivity contribution >= 4 is 43.4 Å². The van der Waals surface area contributed by atoms with Gasteiger partial charge in [0, 0.05) is 37.7 Å². The lowest BCUT2D eigenvalue weighted by Crippen LogP contribution is -2.39. The van der Waals surface area contributed by atoms with Gasteiger partial charge in [0.25, 0.3) is 0 Å². The normalized spacial score (nSPS) is 17.0. The summed E-state index contributed by atoms with van der Waals surface area (Å²) in [7, 11) is -3.73. The third-order valence-electron chi connectivity index (χ3n) is 3.17. The number of halogens is 2. The van der Waals surface area contributed by atoms with Crippen molar-refractivity contribution in [2.45, 2.75) is 4.90 Å². The molecule has 1 aliphatic heterocycles. The van der Waals surface area contributed by atoms with Crippen molar-refractivity contribution in [3.8, 4) is 0 Å². The van der Waals surface area contributed by atoms with Crippen molar-refractivity contribution in [2.24, 2.45) is 0 Å². The van der Waals surface area contributed by atoms with Crippen LogP contribution in [-0.4, -0.2) is 51.0 Å². The third-order valence-corrected chi connectivity index (χ3v) is 6.23. The fourth-order valence-electron chi connectivity index (χ4n) is 2.02. The van der Waals surface area contributed by atoms with E-state index in [0.29, 0.717) is 13.1 Å². The van der Waals surface area contributed by atoms with Gasteiger partial charge in [0.05, 0.1) is 10.2 Å². The second-order valence-electron chi connectivity index (χ2n) is 4.66. The molecule has 0 aliphatic carbocycles. The van der Waals surface area contributed by atoms with E-state index in [9.17, 15) is 12.8 Å². The monoisotopic (exact) mass is 397 g/mol. The number of thioether (sulfide) groups is 1. The van der Waals surface area contributed by atoms with Gasteiger partial charge in [-0.05, 0) is 28.1 Å². The Bertz CT molecular complexity index is 607. The molecular formula is C12H17BrFN3O2S2. The zero-order valence-corrected chi connectivity index (χ0v) is 14.5. The van der Waals surface area contributed by atoms with Gasteiger partial charge in [0.1, 0.15) is 10.7 Å². The lowest BCUT2D eigenvalue weighted by Gasteiger charge is -2.26. The summed E-state index contributed by atoms with van der Waals surface area (Å²) in [4.78, 5) is 2.10. The second-order valence-corrected chi connectivity index (χ2v) is 8.47. The van der Waals surface area contributed by atoms with E-state index < -0.39 is 15.8 Å². The lowest BCUT2D eigenvalue weighted by atomic mass is 10.3. The Balaban J connectivity index is 1.99. The summed E-state index contributed by atoms with van der Waals surface area (Å²) in [6, 6.07) is 2.19. The number of hydrogen-bond acceptors (Lipinski definition) is 5. The molecule has 9 heteroatoms. The average Bonchev–Trinajstić information content (AvgIpc) is 2.43. The maximum Gasteiger partial charge on any atom is 0.242 e. The van der Waals surface area contributed by atoms with Crippen LogP contribution in [0.25, 0.3) is 0 Å². The van der Waals surface area contributed by atoms with Crippen LogP contribution in [0.2, 0.25) is 0 Å². The van der Waals surface area contributed by atoms with Crippen LogP contribution >= 0.6 is 27.7 Å². The molecule has 0 radical (unpaired) electrons. The van der Waals surface area contributed by atoms with Crippen molar-refractivity contribution in [2.75, 3.05) is 43.4 Å². The molecule has 1 aliphatic rings. The molecule has 1 fully saturated rings. The first kappa shape index (κ1) is 17.0. The molecule has 2 rings (SSSR count). The topological polar surface area (TPSA) is 75.4 Å². The molecule has 118 valence electrons. The fourth-order valence-corrected chi connectivity index (χ4v) is 4.65. The summed E-state index contributed by atoms with van der Waals surface area (Å²) >= 11 is 4.87. The van der Waals surface area contributed by atoms with Gasteiger partial charge in [-0.3, -0.25) is 0 Å². The molecular weight excluding hydrogens is 381 g/mol. The maximum absolute atomic E-state index is 13.3. The van der Waals surface area contributed by atoms with E-state index in [2.05, 4.69) is 25.6 Å². The molecule has 21 heavy (non-hydrogen) atoms. The lowest BCUT2D eigenvalue weighted by molar-refractivity contribution is 0.307. The minimum absolute atomic E-state index is 0.0742. The van der Waals surface area contributed by atoms with Crippen LogP contribution < -0.4 is 10.5 Å². The summed E-state index contributed by atoms with van der Waals surface area (Å²) in [6.07, 6.45) is 0. The first-order valence-corrected chi connectivity index (χ1v) is 9.87. The molecule has 0 aromatic heterocycles. The Morgan fingerprint density at radius 1 is 1.38 bits per heavy atom. The van der Waals surface area contributed by atoms with Crippen LogP contribution in [0.3, 0.4) is 0 Å². The fraction of sp³-hybridized carbons (Fsp3) is 0.500. The van der Waals surface area contributed by atoms with Gasteiger partial charge in [-0.2, -0.15) is 11.8 Å². The number of hydrogen-bond donors (Lipinski definition) is 2. The molecule has 0 atom stereocenters. The Kier molecular flexibility index (Phi) is 5.89. The van der Waals surface area contributed by atoms with Crippen LogP contribution in [0.5, 0.6) is 0 Å². The van der Waals surface area contributed by atoms with Gasteiger partial charge in [-0.15, -0.1) is 0 Å². The van der Waals surface area contributed by atoms with Gasteiger partial charge in [0.2, 0.25) is 10.0 Å². The number of rotatable bonds is 5. The highest BCUT2D eigenvalue weighted by Crippen LogP contribution is 2.25. The summed E-state index contributed by atoms with van der Waals surface area (Å²) in [5.74, 6) is 1.56. The van der Waals surface area contributed by atoms with Gasteiger partial charge in [-0.25, -0.2) is 17.5 Å². The van der Waals surface area contributed by atoms with E-state index in [0.717, 1.165) is 30.7 Å². The predicted octanol–water partition coefficient (Wildman–Crippen LogP) is 1.50. The zero-order valence-electron chi connectivity index (χ0n) is 11.3. The Labute approximate surface area is 136 Å². The van der Waals surface area contributed by atoms with E-state index in [1.54, 1.807) is 0 Å². The van der Waals surface area contributed by atoms with Crippen molar-refractivity contribution in [3.05, 3.63) is 22.4 Å². The molecule has 0 bridgehead atoms. The van der Waals surface area contributed by atoms with Gasteiger partial charge >= 0.3 is 0 Å². The molecule has 1 heterocycles. The Morgan fingerprint density at radius 3 is 2.71 bits per heavy atom. The zero-order chi connectivity index (χ0) is 15.5. The van der Waals surface area contributed by atoms with Gasteiger partial charge in [0.15, 0.2) is 0 Å². The number of nitrogens with one attached hydrogen (secondary N) is 1. The van der Waals surface area contributed by atoms with E-state index in [-0.39, 0.29) is 15.1 Å². The van der Waals surface area contributed by atoms with Crippen molar-refractivity contribution in [1.29, 1.82) is 0 Å². The molecule has 0 spiro atoms. The van der Waals surface area contributed by atoms with E-state index >= 15 is 0 Å². The van der Waals surface area contributed by atoms with Crippen LogP contribution in [0.1, 0.15) is 0 Å². The van der Waals surface area contributed by atoms with Gasteiger partial charge in [-0.1, -0.05) is 0 Å². The van der Waals surface area contributed by atoms with Crippen LogP contribution in [0, 0.1) is 5.82 Å². The number of sulfonamides is 1. The Morgan fingerprint density at radius 2 is 2.05 bits per heavy atom. The number of benzene rings is 1. The van der Waals surface area contributed by atoms with Crippen LogP contribution in [-0.2, 0) is 10.0 Å². The van der Waals surface area contributed by atoms with E-state index in [1.807, 2.05) is 11.8 Å². The summed E-state index contributed by atoms with van der Waals surface area (Å²) in [5, 5.41) is 0. The van der Waals surface area contributed by atoms with Crippen LogP contribution in [0.15, 0.2) is 21.5 Å². The molecule has 3 N–H and O–H groups in total. The van der Waals surface area contributed by atoms with Crippen molar-refractivity contribution in [3.63, 3.8) is 0 Å². The summed E-state index contributed by atoms with van der Waals surface area (Å²) < 4.78 is 40.3. The molecule has 5 nitrogen and oxygen atoms in total. The highest BCUT2D eigenvalue weighted by molar-refractivity contribution is 9.10. The quantitative estimate of drug-likeness (QED) is 0.736. The minimum Gasteiger partial charge on any atom is -0.398 e. The first-order chi connectivity index (χ1) is 9.90.